The molecule has 3 N–H and O–H groups in total. The van der Waals surface area contributed by atoms with Crippen molar-refractivity contribution in [1.29, 1.82) is 0 Å². The van der Waals surface area contributed by atoms with Crippen LogP contribution in [0.15, 0.2) is 24.4 Å². The molecule has 6 nitrogen and oxygen atoms in total. The molecule has 1 aliphatic rings. The summed E-state index contributed by atoms with van der Waals surface area (Å²) in [5.74, 6) is 0. The summed E-state index contributed by atoms with van der Waals surface area (Å²) >= 11 is 1.76. The van der Waals surface area contributed by atoms with Gasteiger partial charge in [-0.05, 0) is 18.2 Å². The van der Waals surface area contributed by atoms with Gasteiger partial charge in [-0.25, -0.2) is 0 Å². The highest BCUT2D eigenvalue weighted by Crippen LogP contribution is 2.27. The molecule has 0 aromatic carbocycles. The van der Waals surface area contributed by atoms with Gasteiger partial charge in [-0.1, -0.05) is 0 Å². The van der Waals surface area contributed by atoms with E-state index >= 15 is 0 Å². The largest absolute Gasteiger partial charge is 0.395 e. The summed E-state index contributed by atoms with van der Waals surface area (Å²) in [7, 11) is 0. The zero-order valence-electron chi connectivity index (χ0n) is 12.5. The van der Waals surface area contributed by atoms with Gasteiger partial charge >= 0.3 is 0 Å². The third kappa shape index (κ3) is 3.93. The molecule has 120 valence electrons. The molecule has 1 saturated heterocycles. The van der Waals surface area contributed by atoms with Gasteiger partial charge in [0.05, 0.1) is 23.3 Å². The van der Waals surface area contributed by atoms with Crippen molar-refractivity contribution >= 4 is 11.3 Å². The number of hydrogen-bond donors (Lipinski definition) is 3. The lowest BCUT2D eigenvalue weighted by Crippen LogP contribution is -2.34. The van der Waals surface area contributed by atoms with Gasteiger partial charge in [0.2, 0.25) is 0 Å². The van der Waals surface area contributed by atoms with Crippen LogP contribution in [-0.2, 0) is 6.54 Å². The lowest BCUT2D eigenvalue weighted by atomic mass is 10.3. The Kier molecular flexibility index (Phi) is 5.22. The van der Waals surface area contributed by atoms with E-state index in [-0.39, 0.29) is 12.7 Å². The quantitative estimate of drug-likeness (QED) is 0.752. The number of hydrogen-bond acceptors (Lipinski definition) is 6. The van der Waals surface area contributed by atoms with E-state index in [1.54, 1.807) is 17.5 Å². The Morgan fingerprint density at radius 1 is 1.23 bits per heavy atom. The van der Waals surface area contributed by atoms with E-state index in [1.165, 1.54) is 9.75 Å². The first-order valence-corrected chi connectivity index (χ1v) is 8.38. The second-order valence-corrected chi connectivity index (χ2v) is 6.82. The molecule has 1 atom stereocenters. The molecule has 2 aromatic heterocycles. The number of nitrogens with zero attached hydrogens (tertiary/aromatic N) is 3. The first-order chi connectivity index (χ1) is 10.7. The van der Waals surface area contributed by atoms with E-state index in [4.69, 9.17) is 5.11 Å². The van der Waals surface area contributed by atoms with Crippen LogP contribution in [0.25, 0.3) is 10.6 Å². The number of aliphatic hydroxyl groups excluding tert-OH is 2. The molecular weight excluding hydrogens is 300 g/mol. The number of aromatic nitrogens is 2. The maximum absolute atomic E-state index is 10.1. The van der Waals surface area contributed by atoms with E-state index in [1.807, 2.05) is 6.07 Å². The molecule has 7 heteroatoms. The Hall–Kier alpha value is -1.25. The minimum atomic E-state index is -0.360. The van der Waals surface area contributed by atoms with Gasteiger partial charge in [-0.3, -0.25) is 14.9 Å². The van der Waals surface area contributed by atoms with Crippen molar-refractivity contribution in [2.75, 3.05) is 39.3 Å². The van der Waals surface area contributed by atoms with Crippen molar-refractivity contribution in [2.24, 2.45) is 0 Å². The van der Waals surface area contributed by atoms with Gasteiger partial charge < -0.3 is 10.2 Å². The fraction of sp³-hybridized carbons (Fsp3) is 0.533. The van der Waals surface area contributed by atoms with Gasteiger partial charge in [-0.15, -0.1) is 11.3 Å². The predicted octanol–water partition coefficient (Wildman–Crippen LogP) is 0.609. The average molecular weight is 322 g/mol. The van der Waals surface area contributed by atoms with Gasteiger partial charge in [-0.2, -0.15) is 5.10 Å². The first-order valence-electron chi connectivity index (χ1n) is 7.56. The maximum Gasteiger partial charge on any atom is 0.0793 e. The topological polar surface area (TPSA) is 75.6 Å². The smallest absolute Gasteiger partial charge is 0.0793 e. The van der Waals surface area contributed by atoms with Gasteiger partial charge in [0.15, 0.2) is 0 Å². The summed E-state index contributed by atoms with van der Waals surface area (Å²) in [6.45, 7) is 4.74. The summed E-state index contributed by atoms with van der Waals surface area (Å²) < 4.78 is 0. The summed E-state index contributed by atoms with van der Waals surface area (Å²) in [5, 5.41) is 26.1. The van der Waals surface area contributed by atoms with Crippen molar-refractivity contribution in [3.63, 3.8) is 0 Å². The first kappa shape index (κ1) is 15.6. The Balaban J connectivity index is 1.61. The molecule has 1 fully saturated rings. The summed E-state index contributed by atoms with van der Waals surface area (Å²) in [5.41, 5.74) is 1.04. The highest BCUT2D eigenvalue weighted by Gasteiger charge is 2.21. The van der Waals surface area contributed by atoms with Gasteiger partial charge in [0, 0.05) is 50.3 Å². The van der Waals surface area contributed by atoms with Crippen LogP contribution < -0.4 is 0 Å². The van der Waals surface area contributed by atoms with Crippen LogP contribution in [0.3, 0.4) is 0 Å². The van der Waals surface area contributed by atoms with Crippen molar-refractivity contribution in [3.8, 4) is 10.6 Å². The van der Waals surface area contributed by atoms with E-state index < -0.39 is 0 Å². The summed E-state index contributed by atoms with van der Waals surface area (Å²) in [6.07, 6.45) is 1.40. The average Bonchev–Trinajstić information content (AvgIpc) is 3.12. The second-order valence-electron chi connectivity index (χ2n) is 5.65. The number of thiophene rings is 1. The minimum Gasteiger partial charge on any atom is -0.395 e. The molecule has 0 unspecified atom stereocenters. The lowest BCUT2D eigenvalue weighted by Gasteiger charge is -2.20. The van der Waals surface area contributed by atoms with E-state index in [0.717, 1.165) is 25.3 Å². The molecule has 3 heterocycles. The molecule has 0 bridgehead atoms. The molecular formula is C15H22N4O2S. The monoisotopic (exact) mass is 322 g/mol. The van der Waals surface area contributed by atoms with Crippen molar-refractivity contribution in [1.82, 2.24) is 20.0 Å². The van der Waals surface area contributed by atoms with E-state index in [9.17, 15) is 5.11 Å². The zero-order valence-corrected chi connectivity index (χ0v) is 13.3. The standard InChI is InChI=1S/C15H22N4O2S/c20-8-7-18-5-6-19(10-12(21)9-18)11-13-1-2-15(22-13)14-3-4-16-17-14/h1-4,12,20-21H,5-11H2,(H,16,17)/t12-/m1/s1. The Bertz CT molecular complexity index is 572. The van der Waals surface area contributed by atoms with E-state index in [2.05, 4.69) is 32.1 Å². The number of aromatic amines is 1. The molecule has 0 aliphatic carbocycles. The number of aliphatic hydroxyl groups is 2. The van der Waals surface area contributed by atoms with Crippen LogP contribution in [0, 0.1) is 0 Å². The van der Waals surface area contributed by atoms with Crippen molar-refractivity contribution in [2.45, 2.75) is 12.6 Å². The van der Waals surface area contributed by atoms with E-state index in [0.29, 0.717) is 19.6 Å². The summed E-state index contributed by atoms with van der Waals surface area (Å²) in [6, 6.07) is 6.22. The number of nitrogens with one attached hydrogen (secondary N) is 1. The third-order valence-electron chi connectivity index (χ3n) is 3.89. The Labute approximate surface area is 134 Å². The molecule has 0 saturated carbocycles. The Morgan fingerprint density at radius 2 is 2.05 bits per heavy atom. The highest BCUT2D eigenvalue weighted by atomic mass is 32.1. The van der Waals surface area contributed by atoms with Gasteiger partial charge in [0.1, 0.15) is 0 Å². The number of H-pyrrole nitrogens is 1. The van der Waals surface area contributed by atoms with Crippen LogP contribution >= 0.6 is 11.3 Å². The molecule has 0 radical (unpaired) electrons. The van der Waals surface area contributed by atoms with Crippen LogP contribution in [0.1, 0.15) is 4.88 Å². The third-order valence-corrected chi connectivity index (χ3v) is 5.00. The normalized spacial score (nSPS) is 21.1. The minimum absolute atomic E-state index is 0.144. The molecule has 0 amide bonds. The maximum atomic E-state index is 10.1. The fourth-order valence-corrected chi connectivity index (χ4v) is 3.85. The molecule has 22 heavy (non-hydrogen) atoms. The Morgan fingerprint density at radius 3 is 2.82 bits per heavy atom. The predicted molar refractivity (Wildman–Crippen MR) is 86.7 cm³/mol. The molecule has 2 aromatic rings. The zero-order chi connectivity index (χ0) is 15.4. The van der Waals surface area contributed by atoms with Crippen molar-refractivity contribution < 1.29 is 10.2 Å². The number of rotatable bonds is 5. The van der Waals surface area contributed by atoms with Crippen LogP contribution in [0.5, 0.6) is 0 Å². The summed E-state index contributed by atoms with van der Waals surface area (Å²) in [4.78, 5) is 6.87. The molecule has 0 spiro atoms. The molecule has 3 rings (SSSR count). The number of β-amino-alcohol motifs (C(OH)–C–C–N with tert-alkyl or cyclic N) is 2. The van der Waals surface area contributed by atoms with Gasteiger partial charge in [0.25, 0.3) is 0 Å². The van der Waals surface area contributed by atoms with Crippen LogP contribution in [0.4, 0.5) is 0 Å². The highest BCUT2D eigenvalue weighted by molar-refractivity contribution is 7.15. The molecule has 1 aliphatic heterocycles. The lowest BCUT2D eigenvalue weighted by molar-refractivity contribution is 0.101. The van der Waals surface area contributed by atoms with Crippen LogP contribution in [0.2, 0.25) is 0 Å². The van der Waals surface area contributed by atoms with Crippen LogP contribution in [-0.4, -0.2) is 75.6 Å². The van der Waals surface area contributed by atoms with Crippen molar-refractivity contribution in [3.05, 3.63) is 29.3 Å². The fourth-order valence-electron chi connectivity index (χ4n) is 2.83. The second kappa shape index (κ2) is 7.34. The SMILES string of the molecule is OCCN1CCN(Cc2ccc(-c3ccn[nH]3)s2)C[C@H](O)C1.